The van der Waals surface area contributed by atoms with E-state index in [0.29, 0.717) is 19.6 Å². The number of quaternary nitrogens is 1. The summed E-state index contributed by atoms with van der Waals surface area (Å²) in [7, 11) is -0.521. The van der Waals surface area contributed by atoms with Crippen molar-refractivity contribution >= 4 is 7.60 Å². The molecule has 0 aromatic rings. The molecule has 36 heavy (non-hydrogen) atoms. The van der Waals surface area contributed by atoms with Crippen molar-refractivity contribution in [3.05, 3.63) is 24.3 Å². The molecule has 0 bridgehead atoms. The SMILES string of the molecule is CCCC/C=C\CCCC/C=C\CCCCOC[C@@H](O)COP(=O)(O)C(CC)[N+](C)(C)CCC(O)O. The molecule has 0 amide bonds. The van der Waals surface area contributed by atoms with Gasteiger partial charge in [0, 0.05) is 19.4 Å². The molecule has 0 heterocycles. The van der Waals surface area contributed by atoms with Crippen molar-refractivity contribution in [3.63, 3.8) is 0 Å². The van der Waals surface area contributed by atoms with Crippen molar-refractivity contribution in [3.8, 4) is 0 Å². The Bertz CT molecular complexity index is 625. The first-order chi connectivity index (χ1) is 17.1. The fourth-order valence-corrected chi connectivity index (χ4v) is 5.97. The van der Waals surface area contributed by atoms with E-state index < -0.39 is 25.8 Å². The van der Waals surface area contributed by atoms with Crippen LogP contribution < -0.4 is 0 Å². The van der Waals surface area contributed by atoms with Gasteiger partial charge in [0.2, 0.25) is 0 Å². The van der Waals surface area contributed by atoms with Crippen LogP contribution in [0, 0.1) is 0 Å². The Morgan fingerprint density at radius 1 is 0.833 bits per heavy atom. The maximum Gasteiger partial charge on any atom is 0.385 e. The summed E-state index contributed by atoms with van der Waals surface area (Å²) in [4.78, 5) is 10.5. The van der Waals surface area contributed by atoms with Crippen LogP contribution in [0.5, 0.6) is 0 Å². The monoisotopic (exact) mass is 536 g/mol. The summed E-state index contributed by atoms with van der Waals surface area (Å²) in [5.74, 6) is -0.732. The summed E-state index contributed by atoms with van der Waals surface area (Å²) >= 11 is 0. The molecule has 0 aliphatic heterocycles. The molecule has 3 atom stereocenters. The maximum absolute atomic E-state index is 12.8. The van der Waals surface area contributed by atoms with Crippen LogP contribution in [0.3, 0.4) is 0 Å². The molecule has 0 fully saturated rings. The Kier molecular flexibility index (Phi) is 21.0. The van der Waals surface area contributed by atoms with Gasteiger partial charge in [-0.05, 0) is 51.4 Å². The zero-order chi connectivity index (χ0) is 27.3. The van der Waals surface area contributed by atoms with Crippen LogP contribution in [0.2, 0.25) is 0 Å². The summed E-state index contributed by atoms with van der Waals surface area (Å²) in [6, 6.07) is 0. The Balaban J connectivity index is 3.93. The zero-order valence-corrected chi connectivity index (χ0v) is 24.2. The lowest BCUT2D eigenvalue weighted by atomic mass is 10.1. The molecule has 0 aliphatic carbocycles. The number of nitrogens with zero attached hydrogens (tertiary/aromatic N) is 1. The largest absolute Gasteiger partial charge is 0.388 e. The second-order valence-electron chi connectivity index (χ2n) is 10.1. The normalized spacial score (nSPS) is 16.2. The average molecular weight is 537 g/mol. The van der Waals surface area contributed by atoms with Gasteiger partial charge in [0.1, 0.15) is 6.10 Å². The fourth-order valence-electron chi connectivity index (χ4n) is 4.05. The smallest absolute Gasteiger partial charge is 0.385 e. The van der Waals surface area contributed by atoms with Crippen LogP contribution in [0.4, 0.5) is 0 Å². The van der Waals surface area contributed by atoms with E-state index in [9.17, 15) is 14.6 Å². The highest BCUT2D eigenvalue weighted by molar-refractivity contribution is 7.53. The standard InChI is InChI=1S/C27H54NO7P/c1-5-7-8-9-10-11-12-13-14-15-16-17-18-19-22-34-23-25(29)24-35-36(32,33)26(6-2)28(3,4)21-20-27(30)31/h9-10,15-16,25-27,29-31H,5-8,11-14,17-24H2,1-4H3/p+1/b10-9-,16-15-/t25-,26?/m1/s1. The molecule has 0 aromatic heterocycles. The molecule has 0 saturated carbocycles. The van der Waals surface area contributed by atoms with Gasteiger partial charge in [-0.15, -0.1) is 0 Å². The van der Waals surface area contributed by atoms with Crippen LogP contribution in [0.15, 0.2) is 24.3 Å². The van der Waals surface area contributed by atoms with Gasteiger partial charge in [-0.25, -0.2) is 0 Å². The minimum Gasteiger partial charge on any atom is -0.388 e. The number of allylic oxidation sites excluding steroid dienone is 4. The van der Waals surface area contributed by atoms with E-state index in [2.05, 4.69) is 31.2 Å². The van der Waals surface area contributed by atoms with Crippen LogP contribution in [0.25, 0.3) is 0 Å². The molecule has 4 N–H and O–H groups in total. The maximum atomic E-state index is 12.8. The van der Waals surface area contributed by atoms with Crippen molar-refractivity contribution in [2.24, 2.45) is 0 Å². The fraction of sp³-hybridized carbons (Fsp3) is 0.852. The molecule has 0 spiro atoms. The van der Waals surface area contributed by atoms with Gasteiger partial charge < -0.3 is 34.0 Å². The molecular weight excluding hydrogens is 481 g/mol. The number of hydrogen-bond donors (Lipinski definition) is 4. The molecule has 8 nitrogen and oxygen atoms in total. The van der Waals surface area contributed by atoms with Crippen molar-refractivity contribution in [2.75, 3.05) is 40.5 Å². The molecular formula is C27H55NO7P+. The number of ether oxygens (including phenoxy) is 1. The number of rotatable bonds is 24. The number of unbranched alkanes of at least 4 members (excludes halogenated alkanes) is 7. The first-order valence-electron chi connectivity index (χ1n) is 13.8. The van der Waals surface area contributed by atoms with E-state index in [1.54, 1.807) is 21.0 Å². The van der Waals surface area contributed by atoms with Crippen LogP contribution in [0.1, 0.15) is 90.9 Å². The summed E-state index contributed by atoms with van der Waals surface area (Å²) in [5, 5.41) is 28.3. The number of aliphatic hydroxyl groups is 3. The minimum absolute atomic E-state index is 0.0501. The second kappa shape index (κ2) is 21.4. The zero-order valence-electron chi connectivity index (χ0n) is 23.3. The van der Waals surface area contributed by atoms with Gasteiger partial charge in [-0.2, -0.15) is 0 Å². The predicted octanol–water partition coefficient (Wildman–Crippen LogP) is 5.11. The van der Waals surface area contributed by atoms with Crippen molar-refractivity contribution in [1.29, 1.82) is 0 Å². The van der Waals surface area contributed by atoms with Gasteiger partial charge >= 0.3 is 7.60 Å². The van der Waals surface area contributed by atoms with E-state index in [-0.39, 0.29) is 24.1 Å². The Labute approximate surface area is 220 Å². The average Bonchev–Trinajstić information content (AvgIpc) is 2.81. The topological polar surface area (TPSA) is 116 Å². The third-order valence-corrected chi connectivity index (χ3v) is 8.50. The molecule has 0 aromatic carbocycles. The van der Waals surface area contributed by atoms with Gasteiger partial charge in [0.15, 0.2) is 12.1 Å². The van der Waals surface area contributed by atoms with Gasteiger partial charge in [-0.1, -0.05) is 51.0 Å². The lowest BCUT2D eigenvalue weighted by Crippen LogP contribution is -2.50. The molecule has 0 rings (SSSR count). The molecule has 0 radical (unpaired) electrons. The first-order valence-corrected chi connectivity index (χ1v) is 15.4. The Morgan fingerprint density at radius 2 is 1.36 bits per heavy atom. The highest BCUT2D eigenvalue weighted by atomic mass is 31.2. The minimum atomic E-state index is -4.03. The Hall–Kier alpha value is -0.570. The Morgan fingerprint density at radius 3 is 1.86 bits per heavy atom. The van der Waals surface area contributed by atoms with E-state index >= 15 is 0 Å². The van der Waals surface area contributed by atoms with Gasteiger partial charge in [0.25, 0.3) is 0 Å². The second-order valence-corrected chi connectivity index (χ2v) is 12.1. The molecule has 9 heteroatoms. The highest BCUT2D eigenvalue weighted by Gasteiger charge is 2.43. The van der Waals surface area contributed by atoms with E-state index in [4.69, 9.17) is 19.5 Å². The summed E-state index contributed by atoms with van der Waals surface area (Å²) in [5.41, 5.74) is 0. The lowest BCUT2D eigenvalue weighted by Gasteiger charge is -2.39. The third kappa shape index (κ3) is 18.6. The van der Waals surface area contributed by atoms with Gasteiger partial charge in [-0.3, -0.25) is 4.57 Å². The summed E-state index contributed by atoms with van der Waals surface area (Å²) in [6.45, 7) is 4.60. The number of hydrogen-bond acceptors (Lipinski definition) is 6. The van der Waals surface area contributed by atoms with Crippen LogP contribution >= 0.6 is 7.60 Å². The predicted molar refractivity (Wildman–Crippen MR) is 147 cm³/mol. The number of aliphatic hydroxyl groups excluding tert-OH is 2. The van der Waals surface area contributed by atoms with Crippen molar-refractivity contribution in [2.45, 2.75) is 109 Å². The first kappa shape index (κ1) is 35.4. The molecule has 0 aliphatic rings. The van der Waals surface area contributed by atoms with Crippen LogP contribution in [-0.2, 0) is 13.8 Å². The molecule has 214 valence electrons. The summed E-state index contributed by atoms with van der Waals surface area (Å²) in [6.07, 6.45) is 18.5. The van der Waals surface area contributed by atoms with Crippen molar-refractivity contribution in [1.82, 2.24) is 0 Å². The van der Waals surface area contributed by atoms with Crippen LogP contribution in [-0.4, -0.2) is 83.3 Å². The quantitative estimate of drug-likeness (QED) is 0.0445. The van der Waals surface area contributed by atoms with E-state index in [1.165, 1.54) is 38.5 Å². The summed E-state index contributed by atoms with van der Waals surface area (Å²) < 4.78 is 23.6. The third-order valence-electron chi connectivity index (χ3n) is 6.23. The highest BCUT2D eigenvalue weighted by Crippen LogP contribution is 2.52. The van der Waals surface area contributed by atoms with E-state index in [1.807, 2.05) is 0 Å². The van der Waals surface area contributed by atoms with Crippen molar-refractivity contribution < 1.29 is 38.5 Å². The van der Waals surface area contributed by atoms with E-state index in [0.717, 1.165) is 25.7 Å². The molecule has 0 saturated heterocycles. The molecule has 2 unspecified atom stereocenters. The van der Waals surface area contributed by atoms with Gasteiger partial charge in [0.05, 0.1) is 33.9 Å². The lowest BCUT2D eigenvalue weighted by molar-refractivity contribution is -0.903.